The molecule has 0 heterocycles. The van der Waals surface area contributed by atoms with Crippen LogP contribution in [0.3, 0.4) is 0 Å². The van der Waals surface area contributed by atoms with E-state index in [1.807, 2.05) is 7.05 Å². The van der Waals surface area contributed by atoms with Gasteiger partial charge in [-0.2, -0.15) is 0 Å². The molecule has 7 nitrogen and oxygen atoms in total. The highest BCUT2D eigenvalue weighted by Gasteiger charge is 2.41. The first kappa shape index (κ1) is 26.4. The van der Waals surface area contributed by atoms with Crippen LogP contribution >= 0.6 is 0 Å². The maximum atomic E-state index is 12.1. The molecule has 1 aliphatic carbocycles. The van der Waals surface area contributed by atoms with E-state index in [-0.39, 0.29) is 33.7 Å². The number of carbonyl (C=O) groups excluding carboxylic acids is 2. The van der Waals surface area contributed by atoms with Gasteiger partial charge in [0.15, 0.2) is 0 Å². The number of halogens is 1. The minimum atomic E-state index is -0.388. The first-order valence-corrected chi connectivity index (χ1v) is 10.2. The lowest BCUT2D eigenvalue weighted by molar-refractivity contribution is 0.0692. The largest absolute Gasteiger partial charge is 0.453 e. The van der Waals surface area contributed by atoms with Crippen LogP contribution in [-0.4, -0.2) is 52.0 Å². The average molecular weight is 405 g/mol. The zero-order chi connectivity index (χ0) is 20.3. The minimum absolute atomic E-state index is 0. The van der Waals surface area contributed by atoms with Gasteiger partial charge >= 0.3 is 12.1 Å². The zero-order valence-corrected chi connectivity index (χ0v) is 18.3. The lowest BCUT2D eigenvalue weighted by Gasteiger charge is -2.46. The highest BCUT2D eigenvalue weighted by molar-refractivity contribution is 5.73. The highest BCUT2D eigenvalue weighted by atomic mass is 19.0. The highest BCUT2D eigenvalue weighted by Crippen LogP contribution is 2.45. The fourth-order valence-electron chi connectivity index (χ4n) is 4.43. The third kappa shape index (κ3) is 10.7. The number of nitrogens with one attached hydrogen (secondary N) is 4. The molecule has 28 heavy (non-hydrogen) atoms. The quantitative estimate of drug-likeness (QED) is 0.421. The van der Waals surface area contributed by atoms with Gasteiger partial charge in [-0.25, -0.2) is 9.59 Å². The smallest absolute Gasteiger partial charge is 0.407 e. The van der Waals surface area contributed by atoms with Gasteiger partial charge in [0.05, 0.1) is 7.11 Å². The van der Waals surface area contributed by atoms with Crippen LogP contribution in [0.4, 0.5) is 14.3 Å². The number of carbonyl (C=O) groups is 2. The summed E-state index contributed by atoms with van der Waals surface area (Å²) in [5.41, 5.74) is 0.0438. The van der Waals surface area contributed by atoms with E-state index < -0.39 is 0 Å². The van der Waals surface area contributed by atoms with Crippen molar-refractivity contribution in [1.82, 2.24) is 21.3 Å². The van der Waals surface area contributed by atoms with Crippen LogP contribution in [-0.2, 0) is 4.74 Å². The molecule has 8 heteroatoms. The molecule has 0 aromatic carbocycles. The molecule has 0 aliphatic heterocycles. The van der Waals surface area contributed by atoms with Crippen molar-refractivity contribution < 1.29 is 19.0 Å². The Morgan fingerprint density at radius 1 is 1.00 bits per heavy atom. The van der Waals surface area contributed by atoms with Gasteiger partial charge in [-0.15, -0.1) is 0 Å². The summed E-state index contributed by atoms with van der Waals surface area (Å²) in [7, 11) is 3.35. The van der Waals surface area contributed by atoms with Crippen LogP contribution in [0.15, 0.2) is 0 Å². The summed E-state index contributed by atoms with van der Waals surface area (Å²) in [6.07, 6.45) is 6.87. The van der Waals surface area contributed by atoms with Crippen molar-refractivity contribution >= 4 is 12.1 Å². The summed E-state index contributed by atoms with van der Waals surface area (Å²) in [5.74, 6) is 0. The van der Waals surface area contributed by atoms with Gasteiger partial charge < -0.3 is 26.0 Å². The van der Waals surface area contributed by atoms with Gasteiger partial charge in [0.2, 0.25) is 0 Å². The number of unbranched alkanes of at least 4 members (excludes halogenated alkanes) is 3. The van der Waals surface area contributed by atoms with E-state index in [1.54, 1.807) is 0 Å². The lowest BCUT2D eigenvalue weighted by atomic mass is 9.62. The van der Waals surface area contributed by atoms with Gasteiger partial charge in [-0.1, -0.05) is 33.6 Å². The van der Waals surface area contributed by atoms with E-state index in [4.69, 9.17) is 4.74 Å². The minimum Gasteiger partial charge on any atom is -0.453 e. The molecular formula is C20H41FN4O3. The third-order valence-corrected chi connectivity index (χ3v) is 5.27. The van der Waals surface area contributed by atoms with E-state index in [1.165, 1.54) is 20.0 Å². The lowest BCUT2D eigenvalue weighted by Crippen LogP contribution is -2.51. The molecule has 1 fully saturated rings. The molecule has 0 saturated heterocycles. The Balaban J connectivity index is 0.00000729. The number of amides is 3. The second kappa shape index (κ2) is 12.8. The molecule has 1 saturated carbocycles. The third-order valence-electron chi connectivity index (χ3n) is 5.27. The van der Waals surface area contributed by atoms with Crippen LogP contribution in [0.2, 0.25) is 0 Å². The van der Waals surface area contributed by atoms with E-state index in [0.29, 0.717) is 13.1 Å². The van der Waals surface area contributed by atoms with Crippen molar-refractivity contribution in [1.29, 1.82) is 0 Å². The van der Waals surface area contributed by atoms with Gasteiger partial charge in [0.1, 0.15) is 0 Å². The fourth-order valence-corrected chi connectivity index (χ4v) is 4.43. The number of urea groups is 1. The molecule has 0 radical (unpaired) electrons. The van der Waals surface area contributed by atoms with Crippen LogP contribution < -0.4 is 21.3 Å². The fraction of sp³-hybridized carbons (Fsp3) is 0.900. The second-order valence-corrected chi connectivity index (χ2v) is 9.02. The molecule has 4 N–H and O–H groups in total. The number of alkyl carbamates (subject to hydrolysis) is 1. The number of hydrogen-bond acceptors (Lipinski definition) is 4. The summed E-state index contributed by atoms with van der Waals surface area (Å²) in [4.78, 5) is 23.7. The van der Waals surface area contributed by atoms with Crippen molar-refractivity contribution in [2.24, 2.45) is 10.8 Å². The summed E-state index contributed by atoms with van der Waals surface area (Å²) in [6, 6.07) is -0.0408. The molecule has 0 aromatic heterocycles. The van der Waals surface area contributed by atoms with Crippen LogP contribution in [0.25, 0.3) is 0 Å². The molecule has 166 valence electrons. The predicted octanol–water partition coefficient (Wildman–Crippen LogP) is 3.16. The van der Waals surface area contributed by atoms with Crippen molar-refractivity contribution in [3.8, 4) is 0 Å². The molecule has 2 unspecified atom stereocenters. The first-order valence-electron chi connectivity index (χ1n) is 10.2. The van der Waals surface area contributed by atoms with E-state index in [2.05, 4.69) is 42.0 Å². The predicted molar refractivity (Wildman–Crippen MR) is 111 cm³/mol. The Labute approximate surface area is 169 Å². The molecule has 3 amide bonds. The molecular weight excluding hydrogens is 363 g/mol. The molecule has 1 aliphatic rings. The molecule has 2 atom stereocenters. The number of rotatable bonds is 10. The van der Waals surface area contributed by atoms with E-state index >= 15 is 0 Å². The van der Waals surface area contributed by atoms with E-state index in [0.717, 1.165) is 38.6 Å². The summed E-state index contributed by atoms with van der Waals surface area (Å²) in [6.45, 7) is 8.97. The maximum Gasteiger partial charge on any atom is 0.407 e. The van der Waals surface area contributed by atoms with Crippen LogP contribution in [0.5, 0.6) is 0 Å². The number of hydrogen-bond donors (Lipinski definition) is 4. The maximum absolute atomic E-state index is 12.1. The van der Waals surface area contributed by atoms with Gasteiger partial charge in [-0.05, 0) is 56.5 Å². The topological polar surface area (TPSA) is 91.5 Å². The van der Waals surface area contributed by atoms with Crippen molar-refractivity contribution in [2.75, 3.05) is 33.8 Å². The molecule has 0 aromatic rings. The van der Waals surface area contributed by atoms with Crippen molar-refractivity contribution in [3.05, 3.63) is 0 Å². The monoisotopic (exact) mass is 404 g/mol. The zero-order valence-electron chi connectivity index (χ0n) is 18.3. The van der Waals surface area contributed by atoms with Crippen molar-refractivity contribution in [3.63, 3.8) is 0 Å². The standard InChI is InChI=1S/C20H40N4O3.FH/c1-19(2)12-16(24-18(26)27-5)13-20(3,14-19)15-23-17(25)22-11-9-7-6-8-10-21-4;/h16,21H,6-15H2,1-5H3,(H,24,26)(H2,22,23,25);1H. The summed E-state index contributed by atoms with van der Waals surface area (Å²) in [5, 5.41) is 12.1. The summed E-state index contributed by atoms with van der Waals surface area (Å²) >= 11 is 0. The average Bonchev–Trinajstić information content (AvgIpc) is 2.57. The van der Waals surface area contributed by atoms with Crippen molar-refractivity contribution in [2.45, 2.75) is 71.8 Å². The van der Waals surface area contributed by atoms with Crippen LogP contribution in [0, 0.1) is 10.8 Å². The Morgan fingerprint density at radius 3 is 2.25 bits per heavy atom. The van der Waals surface area contributed by atoms with Gasteiger partial charge in [0.25, 0.3) is 0 Å². The van der Waals surface area contributed by atoms with Gasteiger partial charge in [-0.3, -0.25) is 4.70 Å². The first-order chi connectivity index (χ1) is 12.7. The number of methoxy groups -OCH3 is 1. The molecule has 0 bridgehead atoms. The Hall–Kier alpha value is -1.57. The summed E-state index contributed by atoms with van der Waals surface area (Å²) < 4.78 is 4.74. The molecule has 1 rings (SSSR count). The molecule has 0 spiro atoms. The number of ether oxygens (including phenoxy) is 1. The Bertz CT molecular complexity index is 476. The normalized spacial score (nSPS) is 23.2. The van der Waals surface area contributed by atoms with Crippen LogP contribution in [0.1, 0.15) is 65.7 Å². The SMILES string of the molecule is CNCCCCCCNC(=O)NCC1(C)CC(NC(=O)OC)CC(C)(C)C1.F. The van der Waals surface area contributed by atoms with E-state index in [9.17, 15) is 9.59 Å². The van der Waals surface area contributed by atoms with Gasteiger partial charge in [0, 0.05) is 19.1 Å². The Morgan fingerprint density at radius 2 is 1.64 bits per heavy atom. The Kier molecular flexibility index (Phi) is 12.1. The second-order valence-electron chi connectivity index (χ2n) is 9.02.